The van der Waals surface area contributed by atoms with Crippen molar-refractivity contribution in [2.45, 2.75) is 46.1 Å². The number of benzene rings is 1. The van der Waals surface area contributed by atoms with Crippen LogP contribution in [0.2, 0.25) is 0 Å². The van der Waals surface area contributed by atoms with Crippen LogP contribution in [0, 0.1) is 5.92 Å². The summed E-state index contributed by atoms with van der Waals surface area (Å²) in [5.41, 5.74) is 2.06. The summed E-state index contributed by atoms with van der Waals surface area (Å²) in [6.07, 6.45) is 7.29. The molecule has 0 aliphatic carbocycles. The first-order chi connectivity index (χ1) is 10.2. The normalized spacial score (nSPS) is 13.7. The van der Waals surface area contributed by atoms with E-state index in [4.69, 9.17) is 0 Å². The van der Waals surface area contributed by atoms with Gasteiger partial charge in [-0.05, 0) is 18.8 Å². The Morgan fingerprint density at radius 2 is 1.67 bits per heavy atom. The number of rotatable bonds is 7. The molecule has 112 valence electrons. The summed E-state index contributed by atoms with van der Waals surface area (Å²) in [6, 6.07) is 10.6. The summed E-state index contributed by atoms with van der Waals surface area (Å²) in [5.74, 6) is 1.52. The van der Waals surface area contributed by atoms with Crippen molar-refractivity contribution in [3.8, 4) is 11.4 Å². The summed E-state index contributed by atoms with van der Waals surface area (Å²) in [7, 11) is 0. The molecule has 1 heterocycles. The van der Waals surface area contributed by atoms with Crippen LogP contribution in [0.5, 0.6) is 0 Å². The maximum Gasteiger partial charge on any atom is 0.159 e. The SMILES string of the molecule is CCC(C)CC(CC)Nc1cnc(-c2ccccc2)nc1. The second kappa shape index (κ2) is 7.77. The molecule has 0 amide bonds. The molecule has 1 N–H and O–H groups in total. The zero-order valence-corrected chi connectivity index (χ0v) is 13.2. The van der Waals surface area contributed by atoms with E-state index in [1.807, 2.05) is 42.7 Å². The van der Waals surface area contributed by atoms with Crippen LogP contribution in [0.3, 0.4) is 0 Å². The minimum Gasteiger partial charge on any atom is -0.380 e. The number of hydrogen-bond donors (Lipinski definition) is 1. The van der Waals surface area contributed by atoms with Crippen LogP contribution >= 0.6 is 0 Å². The van der Waals surface area contributed by atoms with E-state index in [0.29, 0.717) is 6.04 Å². The van der Waals surface area contributed by atoms with Crippen molar-refractivity contribution in [2.24, 2.45) is 5.92 Å². The van der Waals surface area contributed by atoms with Crippen LogP contribution in [-0.2, 0) is 0 Å². The first-order valence-corrected chi connectivity index (χ1v) is 7.86. The summed E-state index contributed by atoms with van der Waals surface area (Å²) in [5, 5.41) is 3.55. The predicted octanol–water partition coefficient (Wildman–Crippen LogP) is 4.77. The maximum atomic E-state index is 4.46. The highest BCUT2D eigenvalue weighted by Gasteiger charge is 2.10. The van der Waals surface area contributed by atoms with Crippen molar-refractivity contribution in [3.63, 3.8) is 0 Å². The fourth-order valence-electron chi connectivity index (χ4n) is 2.35. The molecule has 0 saturated carbocycles. The molecule has 0 bridgehead atoms. The predicted molar refractivity (Wildman–Crippen MR) is 89.2 cm³/mol. The molecule has 3 heteroatoms. The Bertz CT molecular complexity index is 522. The summed E-state index contributed by atoms with van der Waals surface area (Å²) >= 11 is 0. The number of hydrogen-bond acceptors (Lipinski definition) is 3. The third kappa shape index (κ3) is 4.55. The lowest BCUT2D eigenvalue weighted by Crippen LogP contribution is -2.21. The zero-order chi connectivity index (χ0) is 15.1. The Morgan fingerprint density at radius 1 is 1.00 bits per heavy atom. The van der Waals surface area contributed by atoms with Crippen LogP contribution in [0.15, 0.2) is 42.7 Å². The fraction of sp³-hybridized carbons (Fsp3) is 0.444. The smallest absolute Gasteiger partial charge is 0.159 e. The van der Waals surface area contributed by atoms with Crippen molar-refractivity contribution in [1.29, 1.82) is 0 Å². The Hall–Kier alpha value is -1.90. The lowest BCUT2D eigenvalue weighted by molar-refractivity contribution is 0.461. The Balaban J connectivity index is 2.02. The molecule has 1 aromatic heterocycles. The van der Waals surface area contributed by atoms with E-state index in [2.05, 4.69) is 36.1 Å². The van der Waals surface area contributed by atoms with Gasteiger partial charge in [-0.2, -0.15) is 0 Å². The molecule has 0 aliphatic rings. The molecule has 1 aromatic carbocycles. The maximum absolute atomic E-state index is 4.46. The molecule has 0 fully saturated rings. The van der Waals surface area contributed by atoms with Gasteiger partial charge in [0.2, 0.25) is 0 Å². The van der Waals surface area contributed by atoms with Crippen molar-refractivity contribution in [2.75, 3.05) is 5.32 Å². The first-order valence-electron chi connectivity index (χ1n) is 7.86. The highest BCUT2D eigenvalue weighted by molar-refractivity contribution is 5.55. The largest absolute Gasteiger partial charge is 0.380 e. The van der Waals surface area contributed by atoms with Gasteiger partial charge >= 0.3 is 0 Å². The van der Waals surface area contributed by atoms with E-state index in [0.717, 1.165) is 29.4 Å². The molecular weight excluding hydrogens is 258 g/mol. The quantitative estimate of drug-likeness (QED) is 0.795. The van der Waals surface area contributed by atoms with E-state index < -0.39 is 0 Å². The van der Waals surface area contributed by atoms with Gasteiger partial charge in [0.15, 0.2) is 5.82 Å². The van der Waals surface area contributed by atoms with Gasteiger partial charge in [-0.25, -0.2) is 9.97 Å². The van der Waals surface area contributed by atoms with Crippen LogP contribution < -0.4 is 5.32 Å². The van der Waals surface area contributed by atoms with E-state index >= 15 is 0 Å². The van der Waals surface area contributed by atoms with Gasteiger partial charge in [-0.3, -0.25) is 0 Å². The lowest BCUT2D eigenvalue weighted by Gasteiger charge is -2.21. The van der Waals surface area contributed by atoms with E-state index in [1.165, 1.54) is 12.8 Å². The second-order valence-corrected chi connectivity index (χ2v) is 5.66. The highest BCUT2D eigenvalue weighted by Crippen LogP contribution is 2.18. The minimum absolute atomic E-state index is 0.492. The molecule has 2 unspecified atom stereocenters. The van der Waals surface area contributed by atoms with Gasteiger partial charge in [-0.1, -0.05) is 57.5 Å². The summed E-state index contributed by atoms with van der Waals surface area (Å²) in [4.78, 5) is 8.92. The fourth-order valence-corrected chi connectivity index (χ4v) is 2.35. The Morgan fingerprint density at radius 3 is 2.24 bits per heavy atom. The van der Waals surface area contributed by atoms with Gasteiger partial charge in [0.25, 0.3) is 0 Å². The third-order valence-corrected chi connectivity index (χ3v) is 3.93. The van der Waals surface area contributed by atoms with Crippen LogP contribution in [0.1, 0.15) is 40.0 Å². The van der Waals surface area contributed by atoms with Crippen molar-refractivity contribution in [1.82, 2.24) is 9.97 Å². The average Bonchev–Trinajstić information content (AvgIpc) is 2.55. The van der Waals surface area contributed by atoms with Gasteiger partial charge in [0.1, 0.15) is 0 Å². The monoisotopic (exact) mass is 283 g/mol. The van der Waals surface area contributed by atoms with Crippen LogP contribution in [0.25, 0.3) is 11.4 Å². The summed E-state index contributed by atoms with van der Waals surface area (Å²) in [6.45, 7) is 6.77. The number of nitrogens with zero attached hydrogens (tertiary/aromatic N) is 2. The van der Waals surface area contributed by atoms with Crippen molar-refractivity contribution < 1.29 is 0 Å². The average molecular weight is 283 g/mol. The molecule has 0 saturated heterocycles. The van der Waals surface area contributed by atoms with Crippen molar-refractivity contribution in [3.05, 3.63) is 42.7 Å². The number of aromatic nitrogens is 2. The minimum atomic E-state index is 0.492. The Labute approximate surface area is 127 Å². The molecular formula is C18H25N3. The molecule has 2 atom stereocenters. The molecule has 3 nitrogen and oxygen atoms in total. The van der Waals surface area contributed by atoms with Gasteiger partial charge < -0.3 is 5.32 Å². The third-order valence-electron chi connectivity index (χ3n) is 3.93. The van der Waals surface area contributed by atoms with E-state index in [1.54, 1.807) is 0 Å². The zero-order valence-electron chi connectivity index (χ0n) is 13.2. The van der Waals surface area contributed by atoms with Gasteiger partial charge in [-0.15, -0.1) is 0 Å². The molecule has 21 heavy (non-hydrogen) atoms. The standard InChI is InChI=1S/C18H25N3/c1-4-14(3)11-16(5-2)21-17-12-19-18(20-13-17)15-9-7-6-8-10-15/h6-10,12-14,16,21H,4-5,11H2,1-3H3. The second-order valence-electron chi connectivity index (χ2n) is 5.66. The number of anilines is 1. The van der Waals surface area contributed by atoms with Crippen molar-refractivity contribution >= 4 is 5.69 Å². The molecule has 2 aromatic rings. The number of nitrogens with one attached hydrogen (secondary N) is 1. The first kappa shape index (κ1) is 15.5. The van der Waals surface area contributed by atoms with Crippen LogP contribution in [-0.4, -0.2) is 16.0 Å². The topological polar surface area (TPSA) is 37.8 Å². The van der Waals surface area contributed by atoms with Gasteiger partial charge in [0.05, 0.1) is 18.1 Å². The molecule has 0 spiro atoms. The van der Waals surface area contributed by atoms with Crippen LogP contribution in [0.4, 0.5) is 5.69 Å². The molecule has 0 aliphatic heterocycles. The summed E-state index contributed by atoms with van der Waals surface area (Å²) < 4.78 is 0. The Kier molecular flexibility index (Phi) is 5.73. The molecule has 0 radical (unpaired) electrons. The van der Waals surface area contributed by atoms with Gasteiger partial charge in [0, 0.05) is 11.6 Å². The van der Waals surface area contributed by atoms with E-state index in [9.17, 15) is 0 Å². The highest BCUT2D eigenvalue weighted by atomic mass is 15.0. The van der Waals surface area contributed by atoms with E-state index in [-0.39, 0.29) is 0 Å². The molecule has 2 rings (SSSR count). The lowest BCUT2D eigenvalue weighted by atomic mass is 9.98.